The average molecular weight is 258 g/mol. The van der Waals surface area contributed by atoms with Gasteiger partial charge in [0, 0.05) is 6.04 Å². The molecule has 0 bridgehead atoms. The van der Waals surface area contributed by atoms with Crippen LogP contribution in [0, 0.1) is 5.92 Å². The van der Waals surface area contributed by atoms with Gasteiger partial charge in [-0.3, -0.25) is 0 Å². The number of hydrogen-bond acceptors (Lipinski definition) is 1. The molecule has 1 aromatic rings. The molecule has 0 spiro atoms. The van der Waals surface area contributed by atoms with Crippen LogP contribution in [-0.2, 0) is 0 Å². The van der Waals surface area contributed by atoms with E-state index in [9.17, 15) is 0 Å². The van der Waals surface area contributed by atoms with E-state index in [1.54, 1.807) is 0 Å². The van der Waals surface area contributed by atoms with E-state index in [1.807, 2.05) is 12.1 Å². The second-order valence-corrected chi connectivity index (χ2v) is 5.21. The van der Waals surface area contributed by atoms with E-state index < -0.39 is 0 Å². The summed E-state index contributed by atoms with van der Waals surface area (Å²) in [6, 6.07) is 6.41. The first-order valence-electron chi connectivity index (χ1n) is 5.90. The molecule has 3 heteroatoms. The predicted octanol–water partition coefficient (Wildman–Crippen LogP) is 4.44. The van der Waals surface area contributed by atoms with Crippen LogP contribution < -0.4 is 5.32 Å². The van der Waals surface area contributed by atoms with E-state index in [0.29, 0.717) is 16.1 Å². The van der Waals surface area contributed by atoms with Gasteiger partial charge in [0.2, 0.25) is 0 Å². The first-order valence-corrected chi connectivity index (χ1v) is 6.66. The fourth-order valence-corrected chi connectivity index (χ4v) is 2.56. The Hall–Kier alpha value is -0.240. The van der Waals surface area contributed by atoms with E-state index in [4.69, 9.17) is 23.2 Å². The van der Waals surface area contributed by atoms with E-state index in [1.165, 1.54) is 24.8 Å². The van der Waals surface area contributed by atoms with Crippen LogP contribution in [0.4, 0.5) is 0 Å². The summed E-state index contributed by atoms with van der Waals surface area (Å²) in [6.45, 7) is 3.13. The van der Waals surface area contributed by atoms with Crippen LogP contribution in [0.1, 0.15) is 37.8 Å². The molecule has 0 saturated heterocycles. The van der Waals surface area contributed by atoms with Crippen molar-refractivity contribution in [3.63, 3.8) is 0 Å². The summed E-state index contributed by atoms with van der Waals surface area (Å²) < 4.78 is 0. The molecule has 1 fully saturated rings. The SMILES string of the molecule is CCNC(c1ccc(Cl)c(Cl)c1)C1CCC1. The van der Waals surface area contributed by atoms with Gasteiger partial charge in [-0.25, -0.2) is 0 Å². The van der Waals surface area contributed by atoms with Crippen LogP contribution >= 0.6 is 23.2 Å². The molecule has 0 aromatic heterocycles. The first-order chi connectivity index (χ1) is 7.72. The second-order valence-electron chi connectivity index (χ2n) is 4.40. The van der Waals surface area contributed by atoms with Gasteiger partial charge in [0.25, 0.3) is 0 Å². The molecule has 0 amide bonds. The molecule has 0 heterocycles. The minimum Gasteiger partial charge on any atom is -0.310 e. The molecule has 1 aliphatic rings. The Morgan fingerprint density at radius 2 is 2.06 bits per heavy atom. The monoisotopic (exact) mass is 257 g/mol. The van der Waals surface area contributed by atoms with E-state index in [-0.39, 0.29) is 0 Å². The van der Waals surface area contributed by atoms with Crippen molar-refractivity contribution in [1.82, 2.24) is 5.32 Å². The molecule has 1 unspecified atom stereocenters. The number of benzene rings is 1. The van der Waals surface area contributed by atoms with Gasteiger partial charge in [-0.1, -0.05) is 42.6 Å². The van der Waals surface area contributed by atoms with Crippen molar-refractivity contribution in [2.75, 3.05) is 6.54 Å². The Balaban J connectivity index is 2.20. The molecule has 1 nitrogen and oxygen atoms in total. The number of nitrogens with one attached hydrogen (secondary N) is 1. The molecule has 0 aliphatic heterocycles. The fourth-order valence-electron chi connectivity index (χ4n) is 2.26. The summed E-state index contributed by atoms with van der Waals surface area (Å²) >= 11 is 12.0. The van der Waals surface area contributed by atoms with Crippen molar-refractivity contribution in [3.05, 3.63) is 33.8 Å². The minimum atomic E-state index is 0.438. The smallest absolute Gasteiger partial charge is 0.0595 e. The van der Waals surface area contributed by atoms with Gasteiger partial charge in [0.1, 0.15) is 0 Å². The van der Waals surface area contributed by atoms with Gasteiger partial charge in [-0.15, -0.1) is 0 Å². The third-order valence-corrected chi connectivity index (χ3v) is 4.09. The highest BCUT2D eigenvalue weighted by atomic mass is 35.5. The Labute approximate surface area is 107 Å². The largest absolute Gasteiger partial charge is 0.310 e. The van der Waals surface area contributed by atoms with Gasteiger partial charge < -0.3 is 5.32 Å². The summed E-state index contributed by atoms with van der Waals surface area (Å²) in [5, 5.41) is 4.83. The summed E-state index contributed by atoms with van der Waals surface area (Å²) in [5.74, 6) is 0.761. The maximum atomic E-state index is 6.06. The Morgan fingerprint density at radius 1 is 1.31 bits per heavy atom. The third-order valence-electron chi connectivity index (χ3n) is 3.35. The molecule has 1 atom stereocenters. The minimum absolute atomic E-state index is 0.438. The average Bonchev–Trinajstić information content (AvgIpc) is 2.19. The lowest BCUT2D eigenvalue weighted by Crippen LogP contribution is -2.32. The van der Waals surface area contributed by atoms with Crippen LogP contribution in [0.25, 0.3) is 0 Å². The first kappa shape index (κ1) is 12.2. The zero-order valence-corrected chi connectivity index (χ0v) is 11.0. The molecular formula is C13H17Cl2N. The fraction of sp³-hybridized carbons (Fsp3) is 0.538. The summed E-state index contributed by atoms with van der Waals surface area (Å²) in [5.41, 5.74) is 1.26. The molecule has 88 valence electrons. The van der Waals surface area contributed by atoms with E-state index >= 15 is 0 Å². The summed E-state index contributed by atoms with van der Waals surface area (Å²) in [7, 11) is 0. The highest BCUT2D eigenvalue weighted by Crippen LogP contribution is 2.38. The quantitative estimate of drug-likeness (QED) is 0.841. The van der Waals surface area contributed by atoms with Crippen molar-refractivity contribution in [1.29, 1.82) is 0 Å². The Kier molecular flexibility index (Phi) is 4.12. The topological polar surface area (TPSA) is 12.0 Å². The zero-order chi connectivity index (χ0) is 11.5. The molecule has 0 radical (unpaired) electrons. The summed E-state index contributed by atoms with van der Waals surface area (Å²) in [6.07, 6.45) is 3.99. The number of halogens is 2. The van der Waals surface area contributed by atoms with Crippen molar-refractivity contribution in [2.45, 2.75) is 32.2 Å². The van der Waals surface area contributed by atoms with Crippen molar-refractivity contribution in [2.24, 2.45) is 5.92 Å². The van der Waals surface area contributed by atoms with Gasteiger partial charge in [-0.05, 0) is 43.0 Å². The number of rotatable bonds is 4. The van der Waals surface area contributed by atoms with E-state index in [2.05, 4.69) is 18.3 Å². The predicted molar refractivity (Wildman–Crippen MR) is 70.2 cm³/mol. The molecule has 1 aromatic carbocycles. The zero-order valence-electron chi connectivity index (χ0n) is 9.47. The van der Waals surface area contributed by atoms with Gasteiger partial charge >= 0.3 is 0 Å². The molecule has 2 rings (SSSR count). The van der Waals surface area contributed by atoms with Crippen molar-refractivity contribution < 1.29 is 0 Å². The Bertz CT molecular complexity index is 361. The Morgan fingerprint density at radius 3 is 2.56 bits per heavy atom. The third kappa shape index (κ3) is 2.53. The van der Waals surface area contributed by atoms with Gasteiger partial charge in [-0.2, -0.15) is 0 Å². The highest BCUT2D eigenvalue weighted by molar-refractivity contribution is 6.42. The number of hydrogen-bond donors (Lipinski definition) is 1. The molecule has 1 aliphatic carbocycles. The van der Waals surface area contributed by atoms with Crippen LogP contribution in [0.3, 0.4) is 0 Å². The summed E-state index contributed by atoms with van der Waals surface area (Å²) in [4.78, 5) is 0. The maximum absolute atomic E-state index is 6.06. The van der Waals surface area contributed by atoms with Crippen LogP contribution in [-0.4, -0.2) is 6.54 Å². The molecule has 1 N–H and O–H groups in total. The van der Waals surface area contributed by atoms with Crippen molar-refractivity contribution >= 4 is 23.2 Å². The standard InChI is InChI=1S/C13H17Cl2N/c1-2-16-13(9-4-3-5-9)10-6-7-11(14)12(15)8-10/h6-9,13,16H,2-5H2,1H3. The lowest BCUT2D eigenvalue weighted by Gasteiger charge is -2.34. The highest BCUT2D eigenvalue weighted by Gasteiger charge is 2.27. The molecule has 1 saturated carbocycles. The lowest BCUT2D eigenvalue weighted by molar-refractivity contribution is 0.233. The normalized spacial score (nSPS) is 18.2. The van der Waals surface area contributed by atoms with Gasteiger partial charge in [0.15, 0.2) is 0 Å². The van der Waals surface area contributed by atoms with Crippen molar-refractivity contribution in [3.8, 4) is 0 Å². The second kappa shape index (κ2) is 5.39. The molecular weight excluding hydrogens is 241 g/mol. The lowest BCUT2D eigenvalue weighted by atomic mass is 9.77. The maximum Gasteiger partial charge on any atom is 0.0595 e. The van der Waals surface area contributed by atoms with E-state index in [0.717, 1.165) is 12.5 Å². The van der Waals surface area contributed by atoms with Gasteiger partial charge in [0.05, 0.1) is 10.0 Å². The molecule has 16 heavy (non-hydrogen) atoms. The van der Waals surface area contributed by atoms with Crippen LogP contribution in [0.15, 0.2) is 18.2 Å². The van der Waals surface area contributed by atoms with Crippen LogP contribution in [0.2, 0.25) is 10.0 Å². The van der Waals surface area contributed by atoms with Crippen LogP contribution in [0.5, 0.6) is 0 Å².